The number of halogens is 3. The Labute approximate surface area is 199 Å². The molecule has 0 radical (unpaired) electrons. The molecule has 8 heteroatoms. The predicted molar refractivity (Wildman–Crippen MR) is 135 cm³/mol. The van der Waals surface area contributed by atoms with Crippen LogP contribution in [0.3, 0.4) is 0 Å². The second-order valence-corrected chi connectivity index (χ2v) is 17.9. The molecule has 0 fully saturated rings. The molecule has 0 bridgehead atoms. The van der Waals surface area contributed by atoms with Gasteiger partial charge >= 0.3 is 202 Å². The molecule has 0 spiro atoms. The van der Waals surface area contributed by atoms with E-state index in [1.807, 2.05) is 12.1 Å². The molecule has 2 aliphatic rings. The average molecular weight is 762 g/mol. The van der Waals surface area contributed by atoms with Gasteiger partial charge in [-0.05, 0) is 0 Å². The summed E-state index contributed by atoms with van der Waals surface area (Å²) in [4.78, 5) is 16.8. The molecule has 132 valence electrons. The molecule has 0 atom stereocenters. The number of nitrogens with zero attached hydrogens (tertiary/aromatic N) is 1. The molecule has 0 saturated carbocycles. The van der Waals surface area contributed by atoms with E-state index >= 15 is 0 Å². The molecule has 1 aliphatic carbocycles. The molecule has 2 heterocycles. The molecular weight excluding hydrogens is 750 g/mol. The van der Waals surface area contributed by atoms with Crippen LogP contribution in [0.1, 0.15) is 0 Å². The van der Waals surface area contributed by atoms with Crippen LogP contribution in [0.4, 0.5) is 5.69 Å². The number of benzene rings is 1. The minimum absolute atomic E-state index is 0.0225. The zero-order chi connectivity index (χ0) is 18.8. The zero-order valence-corrected chi connectivity index (χ0v) is 22.9. The van der Waals surface area contributed by atoms with Crippen molar-refractivity contribution in [1.29, 1.82) is 0 Å². The number of hydrogen-bond acceptors (Lipinski definition) is 3. The Kier molecular flexibility index (Phi) is 5.22. The van der Waals surface area contributed by atoms with Crippen molar-refractivity contribution in [3.63, 3.8) is 0 Å². The van der Waals surface area contributed by atoms with Crippen LogP contribution in [0.25, 0.3) is 10.0 Å². The van der Waals surface area contributed by atoms with Gasteiger partial charge < -0.3 is 0 Å². The van der Waals surface area contributed by atoms with Crippen molar-refractivity contribution in [3.8, 4) is 15.8 Å². The Morgan fingerprint density at radius 3 is 2.50 bits per heavy atom. The van der Waals surface area contributed by atoms with Gasteiger partial charge in [0.25, 0.3) is 0 Å². The molecule has 0 saturated heterocycles. The maximum atomic E-state index is 12.0. The molecule has 3 nitrogen and oxygen atoms in total. The fourth-order valence-electron chi connectivity index (χ4n) is 3.44. The van der Waals surface area contributed by atoms with Gasteiger partial charge in [0.2, 0.25) is 0 Å². The van der Waals surface area contributed by atoms with Crippen LogP contribution < -0.4 is 5.19 Å². The summed E-state index contributed by atoms with van der Waals surface area (Å²) in [5.74, 6) is 0.344. The Hall–Kier alpha value is 0.246. The second kappa shape index (κ2) is 6.94. The monoisotopic (exact) mass is 763 g/mol. The first-order valence-corrected chi connectivity index (χ1v) is 15.7. The standard InChI is InChI=1S/C18H12I3NO2SeSi/c1-26(2)12-7-8(23)3-4-9(12)22-10-5-6-11(24)13(17(10)26)16-14(19)15(20)18(21)25-16/h3-7,24H,1-2H3. The van der Waals surface area contributed by atoms with Crippen LogP contribution in [0, 0.1) is 9.58 Å². The van der Waals surface area contributed by atoms with Gasteiger partial charge in [-0.2, -0.15) is 0 Å². The normalized spacial score (nSPS) is 17.5. The van der Waals surface area contributed by atoms with Gasteiger partial charge in [0, 0.05) is 0 Å². The first-order chi connectivity index (χ1) is 12.2. The van der Waals surface area contributed by atoms with Gasteiger partial charge in [0.05, 0.1) is 0 Å². The van der Waals surface area contributed by atoms with Crippen molar-refractivity contribution < 1.29 is 9.90 Å². The van der Waals surface area contributed by atoms with E-state index in [9.17, 15) is 9.90 Å². The fourth-order valence-corrected chi connectivity index (χ4v) is 13.4. The van der Waals surface area contributed by atoms with Crippen LogP contribution >= 0.6 is 67.8 Å². The second-order valence-electron chi connectivity index (χ2n) is 6.60. The number of phenols is 1. The predicted octanol–water partition coefficient (Wildman–Crippen LogP) is 4.54. The number of hydrogen-bond donors (Lipinski definition) is 1. The number of aromatic hydroxyl groups is 1. The van der Waals surface area contributed by atoms with Crippen molar-refractivity contribution in [1.82, 2.24) is 0 Å². The number of fused-ring (bicyclic) bond motifs is 2. The Morgan fingerprint density at radius 2 is 1.85 bits per heavy atom. The van der Waals surface area contributed by atoms with Gasteiger partial charge in [-0.25, -0.2) is 0 Å². The van der Waals surface area contributed by atoms with Gasteiger partial charge in [0.1, 0.15) is 0 Å². The topological polar surface area (TPSA) is 49.7 Å². The van der Waals surface area contributed by atoms with E-state index in [1.54, 1.807) is 18.2 Å². The molecule has 0 amide bonds. The Bertz CT molecular complexity index is 1080. The summed E-state index contributed by atoms with van der Waals surface area (Å²) in [6.45, 7) is 4.50. The van der Waals surface area contributed by atoms with E-state index in [0.717, 1.165) is 27.3 Å². The average Bonchev–Trinajstić information content (AvgIpc) is 2.84. The molecular formula is C18H12I3NO2SeSi. The number of phenolic OH excluding ortho intramolecular Hbond substituents is 1. The van der Waals surface area contributed by atoms with Crippen molar-refractivity contribution in [2.75, 3.05) is 0 Å². The fraction of sp³-hybridized carbons (Fsp3) is 0.111. The van der Waals surface area contributed by atoms with E-state index in [-0.39, 0.29) is 20.3 Å². The van der Waals surface area contributed by atoms with E-state index < -0.39 is 8.07 Å². The minimum atomic E-state index is -2.18. The number of carbonyl (C=O) groups is 1. The van der Waals surface area contributed by atoms with Gasteiger partial charge in [-0.1, -0.05) is 0 Å². The third kappa shape index (κ3) is 2.99. The van der Waals surface area contributed by atoms with E-state index in [2.05, 4.69) is 80.9 Å². The first-order valence-electron chi connectivity index (χ1n) is 7.75. The molecule has 1 aliphatic heterocycles. The Balaban J connectivity index is 2.09. The quantitative estimate of drug-likeness (QED) is 0.264. The summed E-state index contributed by atoms with van der Waals surface area (Å²) < 4.78 is 5.11. The molecule has 1 aromatic heterocycles. The first kappa shape index (κ1) is 19.6. The number of aliphatic imine (C=N–C) groups is 1. The van der Waals surface area contributed by atoms with Crippen LogP contribution in [-0.2, 0) is 4.79 Å². The zero-order valence-electron chi connectivity index (χ0n) is 13.7. The summed E-state index contributed by atoms with van der Waals surface area (Å²) in [6, 6.07) is 3.68. The van der Waals surface area contributed by atoms with Crippen molar-refractivity contribution in [2.45, 2.75) is 13.1 Å². The van der Waals surface area contributed by atoms with Gasteiger partial charge in [-0.3, -0.25) is 0 Å². The maximum absolute atomic E-state index is 12.0. The summed E-state index contributed by atoms with van der Waals surface area (Å²) >= 11 is 7.39. The van der Waals surface area contributed by atoms with E-state index in [1.165, 1.54) is 14.0 Å². The summed E-state index contributed by atoms with van der Waals surface area (Å²) in [5.41, 5.74) is 2.79. The molecule has 4 rings (SSSR count). The number of rotatable bonds is 1. The summed E-state index contributed by atoms with van der Waals surface area (Å²) in [7, 11) is -2.18. The summed E-state index contributed by atoms with van der Waals surface area (Å²) in [6.07, 6.45) is 5.16. The third-order valence-electron chi connectivity index (χ3n) is 4.65. The van der Waals surface area contributed by atoms with Crippen LogP contribution in [0.2, 0.25) is 13.1 Å². The molecule has 1 aromatic carbocycles. The summed E-state index contributed by atoms with van der Waals surface area (Å²) in [5, 5.41) is 13.0. The van der Waals surface area contributed by atoms with Crippen LogP contribution in [-0.4, -0.2) is 39.2 Å². The van der Waals surface area contributed by atoms with E-state index in [4.69, 9.17) is 4.99 Å². The molecule has 1 N–H and O–H groups in total. The number of ketones is 1. The van der Waals surface area contributed by atoms with Crippen LogP contribution in [0.15, 0.2) is 40.5 Å². The molecule has 26 heavy (non-hydrogen) atoms. The van der Waals surface area contributed by atoms with E-state index in [0.29, 0.717) is 5.75 Å². The SMILES string of the molecule is C[Si]1(C)C2=CC(=O)C=CC2=Nc2ccc(O)c(-c3[se]c(I)c(I)c3I)c21. The van der Waals surface area contributed by atoms with Crippen molar-refractivity contribution >= 4 is 113 Å². The van der Waals surface area contributed by atoms with Gasteiger partial charge in [0.15, 0.2) is 0 Å². The number of carbonyl (C=O) groups excluding carboxylic acids is 1. The molecule has 2 aromatic rings. The van der Waals surface area contributed by atoms with Crippen molar-refractivity contribution in [2.24, 2.45) is 4.99 Å². The number of allylic oxidation sites excluding steroid dienone is 4. The van der Waals surface area contributed by atoms with Crippen LogP contribution in [0.5, 0.6) is 5.75 Å². The third-order valence-corrected chi connectivity index (χ3v) is 17.8. The Morgan fingerprint density at radius 1 is 1.12 bits per heavy atom. The molecule has 0 unspecified atom stereocenters. The van der Waals surface area contributed by atoms with Crippen molar-refractivity contribution in [3.05, 3.63) is 45.1 Å². The van der Waals surface area contributed by atoms with Gasteiger partial charge in [-0.15, -0.1) is 0 Å².